The van der Waals surface area contributed by atoms with Gasteiger partial charge in [-0.15, -0.1) is 0 Å². The molecule has 0 fully saturated rings. The normalized spacial score (nSPS) is 13.7. The number of rotatable bonds is 5. The first-order valence-corrected chi connectivity index (χ1v) is 10.6. The standard InChI is InChI=1S/C19H21N3O5S/c1-14-7-8-17(22(24)25)11-18(14)21(28(2,26)27)13-19(23)20-10-9-15-5-3-4-6-16(15)12-20/h3-8,11H,9-10,12-13H2,1-2H3. The largest absolute Gasteiger partial charge is 0.336 e. The highest BCUT2D eigenvalue weighted by molar-refractivity contribution is 7.92. The summed E-state index contributed by atoms with van der Waals surface area (Å²) in [5.74, 6) is -0.342. The number of nitro benzene ring substituents is 1. The van der Waals surface area contributed by atoms with Gasteiger partial charge in [0, 0.05) is 25.2 Å². The molecule has 0 spiro atoms. The Morgan fingerprint density at radius 2 is 1.89 bits per heavy atom. The number of nitrogens with zero attached hydrogens (tertiary/aromatic N) is 3. The Morgan fingerprint density at radius 1 is 1.21 bits per heavy atom. The van der Waals surface area contributed by atoms with Crippen LogP contribution in [0.4, 0.5) is 11.4 Å². The lowest BCUT2D eigenvalue weighted by atomic mass is 10.00. The van der Waals surface area contributed by atoms with Crippen LogP contribution in [0.1, 0.15) is 16.7 Å². The SMILES string of the molecule is Cc1ccc([N+](=O)[O-])cc1N(CC(=O)N1CCc2ccccc2C1)S(C)(=O)=O. The van der Waals surface area contributed by atoms with Crippen LogP contribution in [0, 0.1) is 17.0 Å². The van der Waals surface area contributed by atoms with Crippen molar-refractivity contribution in [3.05, 3.63) is 69.3 Å². The molecule has 3 rings (SSSR count). The van der Waals surface area contributed by atoms with E-state index in [4.69, 9.17) is 0 Å². The lowest BCUT2D eigenvalue weighted by Crippen LogP contribution is -2.44. The smallest absolute Gasteiger partial charge is 0.271 e. The van der Waals surface area contributed by atoms with Crippen molar-refractivity contribution in [1.82, 2.24) is 4.90 Å². The van der Waals surface area contributed by atoms with Gasteiger partial charge in [-0.05, 0) is 30.0 Å². The number of sulfonamides is 1. The summed E-state index contributed by atoms with van der Waals surface area (Å²) in [5, 5.41) is 11.1. The molecule has 9 heteroatoms. The summed E-state index contributed by atoms with van der Waals surface area (Å²) in [6.07, 6.45) is 1.70. The Hall–Kier alpha value is -2.94. The van der Waals surface area contributed by atoms with E-state index in [9.17, 15) is 23.3 Å². The second-order valence-electron chi connectivity index (χ2n) is 6.83. The van der Waals surface area contributed by atoms with Crippen LogP contribution in [-0.4, -0.2) is 43.5 Å². The van der Waals surface area contributed by atoms with E-state index in [2.05, 4.69) is 0 Å². The van der Waals surface area contributed by atoms with E-state index in [1.807, 2.05) is 24.3 Å². The van der Waals surface area contributed by atoms with E-state index >= 15 is 0 Å². The van der Waals surface area contributed by atoms with Crippen LogP contribution in [0.2, 0.25) is 0 Å². The molecule has 1 heterocycles. The van der Waals surface area contributed by atoms with Crippen molar-refractivity contribution in [3.63, 3.8) is 0 Å². The number of carbonyl (C=O) groups excluding carboxylic acids is 1. The maximum atomic E-state index is 12.9. The number of anilines is 1. The van der Waals surface area contributed by atoms with Gasteiger partial charge in [-0.2, -0.15) is 0 Å². The third kappa shape index (κ3) is 4.14. The molecule has 0 unspecified atom stereocenters. The fourth-order valence-corrected chi connectivity index (χ4v) is 4.19. The third-order valence-corrected chi connectivity index (χ3v) is 5.96. The van der Waals surface area contributed by atoms with E-state index in [1.165, 1.54) is 23.8 Å². The number of fused-ring (bicyclic) bond motifs is 1. The topological polar surface area (TPSA) is 101 Å². The molecule has 1 amide bonds. The first-order chi connectivity index (χ1) is 13.2. The van der Waals surface area contributed by atoms with Crippen LogP contribution in [0.5, 0.6) is 0 Å². The summed E-state index contributed by atoms with van der Waals surface area (Å²) in [6, 6.07) is 11.8. The second-order valence-corrected chi connectivity index (χ2v) is 8.74. The minimum absolute atomic E-state index is 0.141. The van der Waals surface area contributed by atoms with Crippen LogP contribution < -0.4 is 4.31 Å². The number of non-ortho nitro benzene ring substituents is 1. The zero-order valence-corrected chi connectivity index (χ0v) is 16.5. The zero-order valence-electron chi connectivity index (χ0n) is 15.7. The molecule has 0 saturated heterocycles. The maximum Gasteiger partial charge on any atom is 0.271 e. The molecule has 0 radical (unpaired) electrons. The summed E-state index contributed by atoms with van der Waals surface area (Å²) < 4.78 is 25.7. The summed E-state index contributed by atoms with van der Waals surface area (Å²) >= 11 is 0. The second kappa shape index (κ2) is 7.59. The van der Waals surface area contributed by atoms with E-state index in [-0.39, 0.29) is 17.3 Å². The van der Waals surface area contributed by atoms with Gasteiger partial charge in [0.25, 0.3) is 5.69 Å². The summed E-state index contributed by atoms with van der Waals surface area (Å²) in [7, 11) is -3.81. The molecule has 0 N–H and O–H groups in total. The van der Waals surface area contributed by atoms with Gasteiger partial charge in [-0.3, -0.25) is 19.2 Å². The first kappa shape index (κ1) is 19.8. The summed E-state index contributed by atoms with van der Waals surface area (Å²) in [5.41, 5.74) is 2.67. The monoisotopic (exact) mass is 403 g/mol. The molecule has 1 aliphatic heterocycles. The van der Waals surface area contributed by atoms with Crippen LogP contribution in [0.25, 0.3) is 0 Å². The van der Waals surface area contributed by atoms with Crippen molar-refractivity contribution >= 4 is 27.3 Å². The number of amides is 1. The summed E-state index contributed by atoms with van der Waals surface area (Å²) in [4.78, 5) is 25.0. The molecule has 8 nitrogen and oxygen atoms in total. The molecule has 0 saturated carbocycles. The molecule has 2 aromatic carbocycles. The predicted molar refractivity (Wildman–Crippen MR) is 106 cm³/mol. The first-order valence-electron chi connectivity index (χ1n) is 8.74. The summed E-state index contributed by atoms with van der Waals surface area (Å²) in [6.45, 7) is 2.17. The van der Waals surface area contributed by atoms with Crippen molar-refractivity contribution in [1.29, 1.82) is 0 Å². The molecule has 0 atom stereocenters. The van der Waals surface area contributed by atoms with E-state index < -0.39 is 21.5 Å². The number of benzene rings is 2. The number of carbonyl (C=O) groups is 1. The van der Waals surface area contributed by atoms with Crippen molar-refractivity contribution in [3.8, 4) is 0 Å². The third-order valence-electron chi connectivity index (χ3n) is 4.83. The van der Waals surface area contributed by atoms with Crippen molar-refractivity contribution in [2.75, 3.05) is 23.7 Å². The van der Waals surface area contributed by atoms with E-state index in [0.29, 0.717) is 25.1 Å². The molecule has 148 valence electrons. The molecule has 0 bridgehead atoms. The Kier molecular flexibility index (Phi) is 5.37. The average molecular weight is 403 g/mol. The Bertz CT molecular complexity index is 1040. The minimum Gasteiger partial charge on any atom is -0.336 e. The van der Waals surface area contributed by atoms with Crippen LogP contribution in [0.3, 0.4) is 0 Å². The quantitative estimate of drug-likeness (QED) is 0.563. The van der Waals surface area contributed by atoms with Crippen molar-refractivity contribution in [2.45, 2.75) is 19.9 Å². The van der Waals surface area contributed by atoms with Crippen LogP contribution >= 0.6 is 0 Å². The number of nitro groups is 1. The van der Waals surface area contributed by atoms with E-state index in [1.54, 1.807) is 11.8 Å². The lowest BCUT2D eigenvalue weighted by molar-refractivity contribution is -0.384. The molecule has 1 aliphatic rings. The number of hydrogen-bond donors (Lipinski definition) is 0. The van der Waals surface area contributed by atoms with Gasteiger partial charge in [-0.1, -0.05) is 30.3 Å². The fraction of sp³-hybridized carbons (Fsp3) is 0.316. The number of aryl methyl sites for hydroxylation is 1. The molecule has 0 aromatic heterocycles. The molecule has 2 aromatic rings. The van der Waals surface area contributed by atoms with E-state index in [0.717, 1.165) is 16.1 Å². The van der Waals surface area contributed by atoms with Crippen molar-refractivity contribution in [2.24, 2.45) is 0 Å². The fourth-order valence-electron chi connectivity index (χ4n) is 3.29. The zero-order chi connectivity index (χ0) is 20.5. The van der Waals surface area contributed by atoms with Gasteiger partial charge < -0.3 is 4.90 Å². The highest BCUT2D eigenvalue weighted by Gasteiger charge is 2.28. The van der Waals surface area contributed by atoms with Gasteiger partial charge >= 0.3 is 0 Å². The highest BCUT2D eigenvalue weighted by atomic mass is 32.2. The minimum atomic E-state index is -3.81. The van der Waals surface area contributed by atoms with Crippen LogP contribution in [-0.2, 0) is 27.8 Å². The van der Waals surface area contributed by atoms with Gasteiger partial charge in [0.1, 0.15) is 6.54 Å². The predicted octanol–water partition coefficient (Wildman–Crippen LogP) is 2.25. The average Bonchev–Trinajstić information content (AvgIpc) is 2.65. The van der Waals surface area contributed by atoms with Gasteiger partial charge in [-0.25, -0.2) is 8.42 Å². The van der Waals surface area contributed by atoms with Gasteiger partial charge in [0.2, 0.25) is 15.9 Å². The molecule has 0 aliphatic carbocycles. The Morgan fingerprint density at radius 3 is 2.54 bits per heavy atom. The highest BCUT2D eigenvalue weighted by Crippen LogP contribution is 2.28. The maximum absolute atomic E-state index is 12.9. The molecular formula is C19H21N3O5S. The Balaban J connectivity index is 1.88. The molecular weight excluding hydrogens is 382 g/mol. The van der Waals surface area contributed by atoms with Gasteiger partial charge in [0.05, 0.1) is 16.9 Å². The lowest BCUT2D eigenvalue weighted by Gasteiger charge is -2.31. The Labute approximate surface area is 163 Å². The van der Waals surface area contributed by atoms with Crippen molar-refractivity contribution < 1.29 is 18.1 Å². The number of hydrogen-bond acceptors (Lipinski definition) is 5. The van der Waals surface area contributed by atoms with Crippen LogP contribution in [0.15, 0.2) is 42.5 Å². The molecule has 28 heavy (non-hydrogen) atoms. The van der Waals surface area contributed by atoms with Gasteiger partial charge in [0.15, 0.2) is 0 Å².